The predicted molar refractivity (Wildman–Crippen MR) is 84.7 cm³/mol. The third kappa shape index (κ3) is 5.54. The molecule has 0 saturated heterocycles. The van der Waals surface area contributed by atoms with Crippen LogP contribution in [0.4, 0.5) is 0 Å². The van der Waals surface area contributed by atoms with E-state index in [1.54, 1.807) is 0 Å². The summed E-state index contributed by atoms with van der Waals surface area (Å²) in [7, 11) is 0. The van der Waals surface area contributed by atoms with Gasteiger partial charge in [0.1, 0.15) is 0 Å². The van der Waals surface area contributed by atoms with Gasteiger partial charge >= 0.3 is 17.1 Å². The average Bonchev–Trinajstić information content (AvgIpc) is 3.13. The van der Waals surface area contributed by atoms with Gasteiger partial charge in [0, 0.05) is 5.92 Å². The summed E-state index contributed by atoms with van der Waals surface area (Å²) >= 11 is 3.56. The van der Waals surface area contributed by atoms with Crippen molar-refractivity contribution in [1.82, 2.24) is 0 Å². The minimum Gasteiger partial charge on any atom is -0.0828 e. The maximum absolute atomic E-state index is 3.56. The second-order valence-corrected chi connectivity index (χ2v) is 5.28. The monoisotopic (exact) mass is 368 g/mol. The van der Waals surface area contributed by atoms with Crippen molar-refractivity contribution >= 4 is 15.9 Å². The molecule has 0 unspecified atom stereocenters. The van der Waals surface area contributed by atoms with Crippen LogP contribution in [0.5, 0.6) is 0 Å². The van der Waals surface area contributed by atoms with Gasteiger partial charge in [0.2, 0.25) is 0 Å². The van der Waals surface area contributed by atoms with E-state index in [9.17, 15) is 0 Å². The van der Waals surface area contributed by atoms with Crippen LogP contribution in [0.25, 0.3) is 0 Å². The molecule has 3 rings (SSSR count). The molecule has 0 heterocycles. The summed E-state index contributed by atoms with van der Waals surface area (Å²) in [5.74, 6) is 1.82. The second kappa shape index (κ2) is 10.0. The van der Waals surface area contributed by atoms with Crippen LogP contribution in [-0.4, -0.2) is 0 Å². The number of hydrogen-bond acceptors (Lipinski definition) is 0. The molecule has 2 aliphatic carbocycles. The summed E-state index contributed by atoms with van der Waals surface area (Å²) in [4.78, 5) is 1.20. The Balaban J connectivity index is 0.000000283. The fourth-order valence-corrected chi connectivity index (χ4v) is 2.63. The number of benzene rings is 1. The average molecular weight is 369 g/mol. The molecule has 0 aliphatic heterocycles. The van der Waals surface area contributed by atoms with Crippen LogP contribution in [0.15, 0.2) is 30.3 Å². The molecule has 1 atom stereocenters. The smallest absolute Gasteiger partial charge is 0.0828 e. The molecule has 0 nitrogen and oxygen atoms in total. The molecule has 1 aromatic rings. The van der Waals surface area contributed by atoms with E-state index in [0.29, 0.717) is 5.92 Å². The van der Waals surface area contributed by atoms with E-state index in [1.165, 1.54) is 16.3 Å². The molecular formula is C18H17BrFe+2. The molecule has 0 N–H and O–H groups in total. The van der Waals surface area contributed by atoms with Crippen molar-refractivity contribution < 1.29 is 17.1 Å². The summed E-state index contributed by atoms with van der Waals surface area (Å²) in [6.07, 6.45) is 16.3. The van der Waals surface area contributed by atoms with Crippen LogP contribution >= 0.6 is 15.9 Å². The first-order chi connectivity index (χ1) is 9.29. The van der Waals surface area contributed by atoms with Crippen molar-refractivity contribution in [2.75, 3.05) is 0 Å². The Hall–Kier alpha value is 0.219. The van der Waals surface area contributed by atoms with Crippen LogP contribution < -0.4 is 0 Å². The SMILES string of the molecule is C[C@@H]([C]1[CH][CH][CH][C]1Br)c1ccccc1.[CH]1[CH][CH][CH][CH]1.[Fe+2]. The fourth-order valence-electron chi connectivity index (χ4n) is 2.01. The zero-order valence-corrected chi connectivity index (χ0v) is 14.0. The van der Waals surface area contributed by atoms with E-state index in [2.05, 4.69) is 72.4 Å². The third-order valence-electron chi connectivity index (χ3n) is 3.12. The Bertz CT molecular complexity index is 340. The Kier molecular flexibility index (Phi) is 9.16. The van der Waals surface area contributed by atoms with Crippen LogP contribution in [0.1, 0.15) is 18.4 Å². The molecule has 2 aliphatic rings. The van der Waals surface area contributed by atoms with Crippen molar-refractivity contribution in [2.45, 2.75) is 12.8 Å². The summed E-state index contributed by atoms with van der Waals surface area (Å²) < 4.78 is 0. The van der Waals surface area contributed by atoms with Gasteiger partial charge in [-0.3, -0.25) is 0 Å². The van der Waals surface area contributed by atoms with Crippen molar-refractivity contribution in [2.24, 2.45) is 0 Å². The van der Waals surface area contributed by atoms with E-state index in [4.69, 9.17) is 0 Å². The minimum atomic E-state index is 0. The molecule has 102 valence electrons. The van der Waals surface area contributed by atoms with E-state index < -0.39 is 0 Å². The van der Waals surface area contributed by atoms with Crippen molar-refractivity contribution in [3.63, 3.8) is 0 Å². The first-order valence-electron chi connectivity index (χ1n) is 6.42. The van der Waals surface area contributed by atoms with Gasteiger partial charge in [0.15, 0.2) is 0 Å². The molecule has 2 heteroatoms. The largest absolute Gasteiger partial charge is 2.00 e. The van der Waals surface area contributed by atoms with E-state index >= 15 is 0 Å². The van der Waals surface area contributed by atoms with E-state index in [0.717, 1.165) is 0 Å². The Labute approximate surface area is 143 Å². The van der Waals surface area contributed by atoms with E-state index in [1.807, 2.05) is 32.1 Å². The zero-order chi connectivity index (χ0) is 13.5. The number of rotatable bonds is 2. The maximum atomic E-state index is 3.56. The maximum Gasteiger partial charge on any atom is 2.00 e. The van der Waals surface area contributed by atoms with Gasteiger partial charge in [-0.2, -0.15) is 0 Å². The molecule has 0 spiro atoms. The third-order valence-corrected chi connectivity index (χ3v) is 3.84. The van der Waals surface area contributed by atoms with Gasteiger partial charge in [-0.25, -0.2) is 0 Å². The van der Waals surface area contributed by atoms with Gasteiger partial charge < -0.3 is 0 Å². The second-order valence-electron chi connectivity index (χ2n) is 4.42. The molecule has 2 fully saturated rings. The summed E-state index contributed by atoms with van der Waals surface area (Å²) in [6, 6.07) is 10.6. The van der Waals surface area contributed by atoms with Gasteiger partial charge in [-0.1, -0.05) is 53.2 Å². The minimum absolute atomic E-state index is 0. The van der Waals surface area contributed by atoms with E-state index in [-0.39, 0.29) is 17.1 Å². The topological polar surface area (TPSA) is 0 Å². The van der Waals surface area contributed by atoms with Crippen LogP contribution in [0.2, 0.25) is 0 Å². The Morgan fingerprint density at radius 3 is 1.80 bits per heavy atom. The molecule has 1 aromatic carbocycles. The molecule has 0 aromatic heterocycles. The normalized spacial score (nSPS) is 20.9. The zero-order valence-electron chi connectivity index (χ0n) is 11.3. The van der Waals surface area contributed by atoms with Crippen LogP contribution in [-0.2, 0) is 17.1 Å². The predicted octanol–water partition coefficient (Wildman–Crippen LogP) is 4.94. The van der Waals surface area contributed by atoms with Crippen molar-refractivity contribution in [1.29, 1.82) is 0 Å². The Morgan fingerprint density at radius 1 is 0.800 bits per heavy atom. The van der Waals surface area contributed by atoms with Gasteiger partial charge in [-0.15, -0.1) is 0 Å². The quantitative estimate of drug-likeness (QED) is 0.649. The first kappa shape index (κ1) is 18.3. The molecule has 0 amide bonds. The van der Waals surface area contributed by atoms with Gasteiger partial charge in [-0.05, 0) is 62.8 Å². The molecule has 0 bridgehead atoms. The molecule has 2 saturated carbocycles. The van der Waals surface area contributed by atoms with Gasteiger partial charge in [0.05, 0.1) is 4.83 Å². The molecule has 10 radical (unpaired) electrons. The van der Waals surface area contributed by atoms with Gasteiger partial charge in [0.25, 0.3) is 0 Å². The molecule has 20 heavy (non-hydrogen) atoms. The number of halogens is 1. The molecular weight excluding hydrogens is 352 g/mol. The fraction of sp³-hybridized carbons (Fsp3) is 0.111. The standard InChI is InChI=1S/C13H12Br.C5H5.Fe/c1-10(11-6-3-2-4-7-11)12-8-5-9-13(12)14;1-2-4-5-3-1;/h2-10H,1H3;1-5H;/q;;+2/t10-;;/m1../s1. The van der Waals surface area contributed by atoms with Crippen LogP contribution in [0, 0.1) is 62.1 Å². The van der Waals surface area contributed by atoms with Crippen molar-refractivity contribution in [3.05, 3.63) is 98.0 Å². The summed E-state index contributed by atoms with van der Waals surface area (Å²) in [5, 5.41) is 0. The number of hydrogen-bond donors (Lipinski definition) is 0. The Morgan fingerprint density at radius 2 is 1.35 bits per heavy atom. The first-order valence-corrected chi connectivity index (χ1v) is 7.21. The summed E-state index contributed by atoms with van der Waals surface area (Å²) in [5.41, 5.74) is 1.36. The summed E-state index contributed by atoms with van der Waals surface area (Å²) in [6.45, 7) is 2.23. The van der Waals surface area contributed by atoms with Crippen molar-refractivity contribution in [3.8, 4) is 0 Å². The van der Waals surface area contributed by atoms with Crippen LogP contribution in [0.3, 0.4) is 0 Å².